The summed E-state index contributed by atoms with van der Waals surface area (Å²) in [6, 6.07) is 3.92. The third-order valence-corrected chi connectivity index (χ3v) is 6.29. The van der Waals surface area contributed by atoms with Gasteiger partial charge in [0.2, 0.25) is 6.79 Å². The topological polar surface area (TPSA) is 110 Å². The maximum atomic E-state index is 13.0. The van der Waals surface area contributed by atoms with E-state index in [9.17, 15) is 4.79 Å². The van der Waals surface area contributed by atoms with Crippen LogP contribution in [0, 0.1) is 5.92 Å². The van der Waals surface area contributed by atoms with Crippen LogP contribution in [0.2, 0.25) is 0 Å². The van der Waals surface area contributed by atoms with Gasteiger partial charge in [0.15, 0.2) is 11.5 Å². The van der Waals surface area contributed by atoms with E-state index in [1.54, 1.807) is 6.20 Å². The van der Waals surface area contributed by atoms with Crippen LogP contribution in [-0.2, 0) is 0 Å². The fraction of sp³-hybridized carbons (Fsp3) is 0.435. The van der Waals surface area contributed by atoms with Crippen LogP contribution in [0.25, 0.3) is 22.3 Å². The van der Waals surface area contributed by atoms with Gasteiger partial charge in [0.05, 0.1) is 23.3 Å². The molecule has 0 unspecified atom stereocenters. The normalized spacial score (nSPS) is 17.6. The predicted octanol–water partition coefficient (Wildman–Crippen LogP) is 3.05. The van der Waals surface area contributed by atoms with E-state index in [2.05, 4.69) is 25.6 Å². The summed E-state index contributed by atoms with van der Waals surface area (Å²) < 4.78 is 17.5. The maximum absolute atomic E-state index is 13.0. The van der Waals surface area contributed by atoms with Crippen molar-refractivity contribution in [2.45, 2.75) is 31.7 Å². The van der Waals surface area contributed by atoms with Crippen molar-refractivity contribution < 1.29 is 19.0 Å². The number of ether oxygens (including phenoxy) is 3. The highest BCUT2D eigenvalue weighted by Gasteiger charge is 2.29. The van der Waals surface area contributed by atoms with E-state index in [4.69, 9.17) is 14.2 Å². The molecule has 0 bridgehead atoms. The molecule has 1 aliphatic carbocycles. The van der Waals surface area contributed by atoms with E-state index in [1.807, 2.05) is 12.1 Å². The third-order valence-electron chi connectivity index (χ3n) is 6.29. The zero-order valence-corrected chi connectivity index (χ0v) is 18.9. The molecule has 9 nitrogen and oxygen atoms in total. The highest BCUT2D eigenvalue weighted by molar-refractivity contribution is 6.08. The second kappa shape index (κ2) is 9.07. The van der Waals surface area contributed by atoms with Crippen LogP contribution in [-0.4, -0.2) is 53.4 Å². The predicted molar refractivity (Wildman–Crippen MR) is 124 cm³/mol. The van der Waals surface area contributed by atoms with Gasteiger partial charge in [-0.3, -0.25) is 4.79 Å². The summed E-state index contributed by atoms with van der Waals surface area (Å²) in [6.45, 7) is 2.64. The molecule has 0 atom stereocenters. The first-order valence-corrected chi connectivity index (χ1v) is 11.2. The smallest absolute Gasteiger partial charge is 0.255 e. The number of hydrogen-bond donors (Lipinski definition) is 3. The molecule has 0 radical (unpaired) electrons. The minimum absolute atomic E-state index is 0. The summed E-state index contributed by atoms with van der Waals surface area (Å²) in [4.78, 5) is 25.2. The van der Waals surface area contributed by atoms with Crippen molar-refractivity contribution in [2.75, 3.05) is 26.5 Å². The van der Waals surface area contributed by atoms with Crippen molar-refractivity contribution in [3.63, 3.8) is 0 Å². The fourth-order valence-electron chi connectivity index (χ4n) is 4.32. The van der Waals surface area contributed by atoms with Crippen LogP contribution in [0.1, 0.15) is 36.0 Å². The maximum Gasteiger partial charge on any atom is 0.255 e. The van der Waals surface area contributed by atoms with Crippen LogP contribution >= 0.6 is 12.4 Å². The number of carbonyl (C=O) groups is 1. The molecular formula is C23H26ClN5O4. The molecule has 1 aromatic carbocycles. The molecule has 2 aliphatic heterocycles. The SMILES string of the molecule is Cl.O=C(NC1CCNCC1)c1c[nH]c2c(-c3c(OCC4CC4)ccc4c3OCO4)ncnc12. The van der Waals surface area contributed by atoms with Crippen LogP contribution in [0.15, 0.2) is 24.7 Å². The number of H-pyrrole nitrogens is 1. The van der Waals surface area contributed by atoms with Gasteiger partial charge >= 0.3 is 0 Å². The van der Waals surface area contributed by atoms with Gasteiger partial charge in [-0.25, -0.2) is 9.97 Å². The van der Waals surface area contributed by atoms with Crippen molar-refractivity contribution in [3.05, 3.63) is 30.2 Å². The second-order valence-corrected chi connectivity index (χ2v) is 8.57. The number of piperidine rings is 1. The number of benzene rings is 1. The lowest BCUT2D eigenvalue weighted by Crippen LogP contribution is -2.42. The minimum Gasteiger partial charge on any atom is -0.492 e. The van der Waals surface area contributed by atoms with E-state index in [-0.39, 0.29) is 31.1 Å². The lowest BCUT2D eigenvalue weighted by Gasteiger charge is -2.23. The lowest BCUT2D eigenvalue weighted by atomic mass is 10.1. The quantitative estimate of drug-likeness (QED) is 0.506. The number of nitrogens with one attached hydrogen (secondary N) is 3. The number of nitrogens with zero attached hydrogens (tertiary/aromatic N) is 2. The zero-order chi connectivity index (χ0) is 21.5. The molecule has 3 aliphatic rings. The van der Waals surface area contributed by atoms with Gasteiger partial charge in [0.25, 0.3) is 5.91 Å². The average molecular weight is 472 g/mol. The van der Waals surface area contributed by atoms with Gasteiger partial charge in [0, 0.05) is 12.2 Å². The molecule has 1 saturated carbocycles. The summed E-state index contributed by atoms with van der Waals surface area (Å²) in [5.41, 5.74) is 3.10. The first-order chi connectivity index (χ1) is 15.8. The average Bonchev–Trinajstić information content (AvgIpc) is 3.34. The molecule has 33 heavy (non-hydrogen) atoms. The monoisotopic (exact) mass is 471 g/mol. The van der Waals surface area contributed by atoms with Crippen molar-refractivity contribution in [1.82, 2.24) is 25.6 Å². The van der Waals surface area contributed by atoms with Gasteiger partial charge in [-0.2, -0.15) is 0 Å². The summed E-state index contributed by atoms with van der Waals surface area (Å²) in [6.07, 6.45) is 7.41. The van der Waals surface area contributed by atoms with Crippen LogP contribution in [0.5, 0.6) is 17.2 Å². The summed E-state index contributed by atoms with van der Waals surface area (Å²) in [7, 11) is 0. The van der Waals surface area contributed by atoms with Crippen LogP contribution in [0.4, 0.5) is 0 Å². The Bertz CT molecular complexity index is 1170. The minimum atomic E-state index is -0.129. The summed E-state index contributed by atoms with van der Waals surface area (Å²) >= 11 is 0. The van der Waals surface area contributed by atoms with Crippen LogP contribution in [0.3, 0.4) is 0 Å². The Kier molecular flexibility index (Phi) is 5.99. The molecule has 6 rings (SSSR count). The van der Waals surface area contributed by atoms with E-state index in [0.717, 1.165) is 31.5 Å². The molecular weight excluding hydrogens is 446 g/mol. The first kappa shape index (κ1) is 21.8. The van der Waals surface area contributed by atoms with E-state index < -0.39 is 0 Å². The molecule has 2 aromatic heterocycles. The lowest BCUT2D eigenvalue weighted by molar-refractivity contribution is 0.0931. The number of aromatic amines is 1. The number of aromatic nitrogens is 3. The third kappa shape index (κ3) is 4.18. The zero-order valence-electron chi connectivity index (χ0n) is 18.1. The van der Waals surface area contributed by atoms with Gasteiger partial charge in [-0.15, -0.1) is 12.4 Å². The Hall–Kier alpha value is -3.04. The van der Waals surface area contributed by atoms with Crippen molar-refractivity contribution in [1.29, 1.82) is 0 Å². The molecule has 1 saturated heterocycles. The molecule has 10 heteroatoms. The van der Waals surface area contributed by atoms with Gasteiger partial charge in [-0.1, -0.05) is 0 Å². The number of carbonyl (C=O) groups excluding carboxylic acids is 1. The van der Waals surface area contributed by atoms with Crippen molar-refractivity contribution in [3.8, 4) is 28.5 Å². The van der Waals surface area contributed by atoms with Gasteiger partial charge in [-0.05, 0) is 56.8 Å². The molecule has 174 valence electrons. The molecule has 3 N–H and O–H groups in total. The second-order valence-electron chi connectivity index (χ2n) is 8.57. The van der Waals surface area contributed by atoms with Gasteiger partial charge in [0.1, 0.15) is 23.3 Å². The number of rotatable bonds is 6. The number of fused-ring (bicyclic) bond motifs is 2. The van der Waals surface area contributed by atoms with E-state index >= 15 is 0 Å². The van der Waals surface area contributed by atoms with Crippen LogP contribution < -0.4 is 24.8 Å². The Morgan fingerprint density at radius 1 is 1.15 bits per heavy atom. The summed E-state index contributed by atoms with van der Waals surface area (Å²) in [5, 5.41) is 6.45. The molecule has 2 fully saturated rings. The van der Waals surface area contributed by atoms with E-state index in [0.29, 0.717) is 52.1 Å². The number of halogens is 1. The van der Waals surface area contributed by atoms with Crippen molar-refractivity contribution in [2.24, 2.45) is 5.92 Å². The fourth-order valence-corrected chi connectivity index (χ4v) is 4.32. The molecule has 0 spiro atoms. The van der Waals surface area contributed by atoms with E-state index in [1.165, 1.54) is 19.2 Å². The Morgan fingerprint density at radius 3 is 2.82 bits per heavy atom. The number of amides is 1. The van der Waals surface area contributed by atoms with Crippen molar-refractivity contribution >= 4 is 29.3 Å². The highest BCUT2D eigenvalue weighted by Crippen LogP contribution is 2.48. The Balaban J connectivity index is 0.00000228. The molecule has 4 heterocycles. The molecule has 1 amide bonds. The van der Waals surface area contributed by atoms with Gasteiger partial charge < -0.3 is 29.8 Å². The standard InChI is InChI=1S/C23H25N5O4.ClH/c29-23(28-14-5-7-24-8-6-14)15-9-25-21-19(15)26-11-27-20(21)18-16(30-10-13-1-2-13)3-4-17-22(18)32-12-31-17;/h3-4,9,11,13-14,24-25H,1-2,5-8,10,12H2,(H,28,29);1H. The highest BCUT2D eigenvalue weighted by atomic mass is 35.5. The Labute approximate surface area is 197 Å². The number of hydrogen-bond acceptors (Lipinski definition) is 7. The first-order valence-electron chi connectivity index (χ1n) is 11.2. The molecule has 3 aromatic rings. The summed E-state index contributed by atoms with van der Waals surface area (Å²) in [5.74, 6) is 2.43. The Morgan fingerprint density at radius 2 is 2.00 bits per heavy atom. The largest absolute Gasteiger partial charge is 0.492 e.